The Balaban J connectivity index is -0.000000454. The number of unbranched alkanes of at least 4 members (excludes halogenated alkanes) is 9. The van der Waals surface area contributed by atoms with Crippen molar-refractivity contribution in [2.75, 3.05) is 5.75 Å². The number of carboxylic acids is 2. The van der Waals surface area contributed by atoms with E-state index in [1.54, 1.807) is 0 Å². The zero-order valence-corrected chi connectivity index (χ0v) is 19.0. The maximum absolute atomic E-state index is 10.3. The van der Waals surface area contributed by atoms with Crippen LogP contribution in [0.3, 0.4) is 0 Å². The number of rotatable bonds is 14. The van der Waals surface area contributed by atoms with E-state index in [0.29, 0.717) is 6.42 Å². The third-order valence-corrected chi connectivity index (χ3v) is 4.34. The average molecular weight is 422 g/mol. The molecule has 2 atom stereocenters. The molecule has 0 aliphatic rings. The SMILES string of the molecule is CCCCCCCCCCCCS(=O)(=O)[O-].O=C(O)C(O)C(O)C(=O)O.[Na+]. The number of hydrogen-bond acceptors (Lipinski definition) is 7. The second-order valence-corrected chi connectivity index (χ2v) is 7.53. The zero-order valence-electron chi connectivity index (χ0n) is 16.2. The fourth-order valence-corrected chi connectivity index (χ4v) is 2.59. The fourth-order valence-electron chi connectivity index (χ4n) is 2.04. The Kier molecular flexibility index (Phi) is 22.3. The van der Waals surface area contributed by atoms with Crippen LogP contribution in [0.5, 0.6) is 0 Å². The molecular weight excluding hydrogens is 391 g/mol. The van der Waals surface area contributed by atoms with E-state index in [4.69, 9.17) is 20.4 Å². The van der Waals surface area contributed by atoms with Crippen molar-refractivity contribution in [1.82, 2.24) is 0 Å². The summed E-state index contributed by atoms with van der Waals surface area (Å²) in [6.45, 7) is 2.21. The number of carbonyl (C=O) groups is 2. The van der Waals surface area contributed by atoms with Gasteiger partial charge in [-0.3, -0.25) is 0 Å². The second kappa shape index (κ2) is 19.1. The first-order valence-electron chi connectivity index (χ1n) is 8.78. The van der Waals surface area contributed by atoms with Gasteiger partial charge in [-0.05, 0) is 6.42 Å². The van der Waals surface area contributed by atoms with E-state index in [1.807, 2.05) is 0 Å². The number of aliphatic carboxylic acids is 2. The molecule has 0 fully saturated rings. The maximum Gasteiger partial charge on any atom is 1.00 e. The molecule has 156 valence electrons. The van der Waals surface area contributed by atoms with E-state index >= 15 is 0 Å². The second-order valence-electron chi connectivity index (χ2n) is 6.01. The van der Waals surface area contributed by atoms with Crippen LogP contribution in [-0.2, 0) is 19.7 Å². The predicted octanol–water partition coefficient (Wildman–Crippen LogP) is -1.67. The van der Waals surface area contributed by atoms with Crippen LogP contribution in [0, 0.1) is 0 Å². The number of carboxylic acid groups (broad SMARTS) is 2. The monoisotopic (exact) mass is 422 g/mol. The Morgan fingerprint density at radius 1 is 0.778 bits per heavy atom. The molecule has 2 unspecified atom stereocenters. The largest absolute Gasteiger partial charge is 1.00 e. The van der Waals surface area contributed by atoms with Gasteiger partial charge in [-0.1, -0.05) is 64.7 Å². The van der Waals surface area contributed by atoms with Crippen molar-refractivity contribution in [3.63, 3.8) is 0 Å². The molecule has 0 saturated heterocycles. The van der Waals surface area contributed by atoms with Crippen molar-refractivity contribution in [2.45, 2.75) is 83.3 Å². The summed E-state index contributed by atoms with van der Waals surface area (Å²) >= 11 is 0. The number of aliphatic hydroxyl groups is 2. The van der Waals surface area contributed by atoms with Gasteiger partial charge in [-0.2, -0.15) is 0 Å². The first-order valence-corrected chi connectivity index (χ1v) is 10.4. The van der Waals surface area contributed by atoms with Gasteiger partial charge in [0.05, 0.1) is 10.1 Å². The van der Waals surface area contributed by atoms with Crippen LogP contribution in [0.1, 0.15) is 71.1 Å². The first kappa shape index (κ1) is 31.5. The van der Waals surface area contributed by atoms with E-state index in [-0.39, 0.29) is 35.3 Å². The standard InChI is InChI=1S/C12H26O3S.C4H6O6.Na/c1-2-3-4-5-6-7-8-9-10-11-12-16(13,14)15;5-1(3(7)8)2(6)4(9)10;/h2-12H2,1H3,(H,13,14,15);1-2,5-6H,(H,7,8)(H,9,10);/q;;+1/p-1. The minimum absolute atomic E-state index is 0. The van der Waals surface area contributed by atoms with Gasteiger partial charge in [0.15, 0.2) is 12.2 Å². The molecule has 0 aromatic rings. The average Bonchev–Trinajstić information content (AvgIpc) is 2.54. The van der Waals surface area contributed by atoms with Crippen molar-refractivity contribution in [3.05, 3.63) is 0 Å². The molecule has 27 heavy (non-hydrogen) atoms. The Morgan fingerprint density at radius 3 is 1.33 bits per heavy atom. The van der Waals surface area contributed by atoms with E-state index in [9.17, 15) is 22.6 Å². The summed E-state index contributed by atoms with van der Waals surface area (Å²) in [7, 11) is -3.98. The van der Waals surface area contributed by atoms with Crippen LogP contribution in [0.4, 0.5) is 0 Å². The van der Waals surface area contributed by atoms with Crippen LogP contribution in [0.25, 0.3) is 0 Å². The van der Waals surface area contributed by atoms with Crippen molar-refractivity contribution in [3.8, 4) is 0 Å². The normalized spacial score (nSPS) is 12.9. The van der Waals surface area contributed by atoms with Gasteiger partial charge in [0, 0.05) is 5.75 Å². The molecule has 0 saturated carbocycles. The molecule has 4 N–H and O–H groups in total. The van der Waals surface area contributed by atoms with Crippen LogP contribution in [0.2, 0.25) is 0 Å². The minimum Gasteiger partial charge on any atom is -0.748 e. The molecule has 0 bridgehead atoms. The van der Waals surface area contributed by atoms with Gasteiger partial charge in [-0.25, -0.2) is 18.0 Å². The Bertz CT molecular complexity index is 464. The number of aliphatic hydroxyl groups excluding tert-OH is 2. The van der Waals surface area contributed by atoms with Gasteiger partial charge >= 0.3 is 41.5 Å². The van der Waals surface area contributed by atoms with Gasteiger partial charge < -0.3 is 25.0 Å². The summed E-state index contributed by atoms with van der Waals surface area (Å²) in [5.74, 6) is -3.73. The molecule has 0 spiro atoms. The summed E-state index contributed by atoms with van der Waals surface area (Å²) < 4.78 is 30.9. The van der Waals surface area contributed by atoms with Crippen molar-refractivity contribution in [2.24, 2.45) is 0 Å². The fraction of sp³-hybridized carbons (Fsp3) is 0.875. The quantitative estimate of drug-likeness (QED) is 0.145. The van der Waals surface area contributed by atoms with E-state index in [0.717, 1.165) is 12.8 Å². The van der Waals surface area contributed by atoms with Crippen LogP contribution in [0.15, 0.2) is 0 Å². The Hall–Kier alpha value is -0.230. The molecule has 0 rings (SSSR count). The van der Waals surface area contributed by atoms with E-state index in [1.165, 1.54) is 44.9 Å². The summed E-state index contributed by atoms with van der Waals surface area (Å²) in [6, 6.07) is 0. The molecule has 0 aliphatic carbocycles. The minimum atomic E-state index is -3.98. The summed E-state index contributed by atoms with van der Waals surface area (Å²) in [5.41, 5.74) is 0. The van der Waals surface area contributed by atoms with Gasteiger partial charge in [-0.15, -0.1) is 0 Å². The molecule has 0 aliphatic heterocycles. The molecular formula is C16H31NaO9S. The zero-order chi connectivity index (χ0) is 20.6. The van der Waals surface area contributed by atoms with Crippen molar-refractivity contribution in [1.29, 1.82) is 0 Å². The Morgan fingerprint density at radius 2 is 1.07 bits per heavy atom. The van der Waals surface area contributed by atoms with Crippen LogP contribution < -0.4 is 29.6 Å². The molecule has 0 aromatic carbocycles. The summed E-state index contributed by atoms with van der Waals surface area (Å²) in [5, 5.41) is 32.5. The summed E-state index contributed by atoms with van der Waals surface area (Å²) in [6.07, 6.45) is 6.91. The molecule has 9 nitrogen and oxygen atoms in total. The van der Waals surface area contributed by atoms with Crippen molar-refractivity contribution >= 4 is 22.1 Å². The molecule has 0 amide bonds. The third kappa shape index (κ3) is 23.7. The van der Waals surface area contributed by atoms with E-state index in [2.05, 4.69) is 6.92 Å². The van der Waals surface area contributed by atoms with E-state index < -0.39 is 34.3 Å². The van der Waals surface area contributed by atoms with Gasteiger partial charge in [0.25, 0.3) is 0 Å². The number of hydrogen-bond donors (Lipinski definition) is 4. The smallest absolute Gasteiger partial charge is 0.748 e. The van der Waals surface area contributed by atoms with Crippen LogP contribution in [-0.4, -0.2) is 63.3 Å². The molecule has 0 aromatic heterocycles. The predicted molar refractivity (Wildman–Crippen MR) is 93.7 cm³/mol. The molecule has 0 heterocycles. The first-order chi connectivity index (χ1) is 12.0. The summed E-state index contributed by atoms with van der Waals surface area (Å²) in [4.78, 5) is 19.5. The maximum atomic E-state index is 10.3. The topological polar surface area (TPSA) is 172 Å². The third-order valence-electron chi connectivity index (χ3n) is 3.55. The Labute approximate surface area is 183 Å². The van der Waals surface area contributed by atoms with Gasteiger partial charge in [0.1, 0.15) is 0 Å². The van der Waals surface area contributed by atoms with Crippen molar-refractivity contribution < 1.29 is 72.5 Å². The van der Waals surface area contributed by atoms with Crippen LogP contribution >= 0.6 is 0 Å². The molecule has 11 heteroatoms. The van der Waals surface area contributed by atoms with Gasteiger partial charge in [0.2, 0.25) is 0 Å². The molecule has 0 radical (unpaired) electrons.